The van der Waals surface area contributed by atoms with Crippen LogP contribution in [-0.4, -0.2) is 50.0 Å². The fourth-order valence-corrected chi connectivity index (χ4v) is 5.26. The Hall–Kier alpha value is -3.86. The largest absolute Gasteiger partial charge is 0.416 e. The maximum absolute atomic E-state index is 14.1. The second-order valence-electron chi connectivity index (χ2n) is 10.3. The van der Waals surface area contributed by atoms with Crippen molar-refractivity contribution in [2.45, 2.75) is 58.4 Å². The number of carbonyl (C=O) groups is 2. The number of carbonyl (C=O) groups excluding carboxylic acids is 2. The average molecular weight is 604 g/mol. The van der Waals surface area contributed by atoms with E-state index in [4.69, 9.17) is 0 Å². The fourth-order valence-electron chi connectivity index (χ4n) is 4.42. The Morgan fingerprint density at radius 2 is 1.60 bits per heavy atom. The highest BCUT2D eigenvalue weighted by Gasteiger charge is 2.35. The van der Waals surface area contributed by atoms with E-state index < -0.39 is 46.2 Å². The van der Waals surface area contributed by atoms with E-state index in [1.165, 1.54) is 11.0 Å². The highest BCUT2D eigenvalue weighted by molar-refractivity contribution is 7.92. The Morgan fingerprint density at radius 3 is 2.19 bits per heavy atom. The molecule has 11 heteroatoms. The Bertz CT molecular complexity index is 1480. The molecule has 42 heavy (non-hydrogen) atoms. The number of nitrogens with one attached hydrogen (secondary N) is 1. The molecular formula is C31H36F3N3O4S. The maximum Gasteiger partial charge on any atom is 0.416 e. The lowest BCUT2D eigenvalue weighted by Gasteiger charge is -2.34. The minimum Gasteiger partial charge on any atom is -0.352 e. The summed E-state index contributed by atoms with van der Waals surface area (Å²) in [6, 6.07) is 19.0. The molecule has 3 rings (SSSR count). The lowest BCUT2D eigenvalue weighted by molar-refractivity contribution is -0.140. The number of sulfonamides is 1. The summed E-state index contributed by atoms with van der Waals surface area (Å²) >= 11 is 0. The molecule has 0 aliphatic rings. The second-order valence-corrected chi connectivity index (χ2v) is 12.2. The number of alkyl halides is 3. The van der Waals surface area contributed by atoms with Crippen molar-refractivity contribution in [2.24, 2.45) is 0 Å². The Labute approximate surface area is 245 Å². The first-order valence-electron chi connectivity index (χ1n) is 13.5. The number of anilines is 1. The van der Waals surface area contributed by atoms with Crippen molar-refractivity contribution in [3.05, 3.63) is 101 Å². The highest BCUT2D eigenvalue weighted by Crippen LogP contribution is 2.32. The number of hydrogen-bond donors (Lipinski definition) is 1. The van der Waals surface area contributed by atoms with Gasteiger partial charge in [-0.05, 0) is 55.2 Å². The van der Waals surface area contributed by atoms with Gasteiger partial charge in [0.2, 0.25) is 21.8 Å². The predicted octanol–water partition coefficient (Wildman–Crippen LogP) is 5.33. The van der Waals surface area contributed by atoms with Crippen LogP contribution in [0.25, 0.3) is 0 Å². The van der Waals surface area contributed by atoms with Gasteiger partial charge < -0.3 is 10.2 Å². The van der Waals surface area contributed by atoms with Crippen LogP contribution in [0.15, 0.2) is 78.9 Å². The number of hydrogen-bond acceptors (Lipinski definition) is 4. The molecule has 3 aromatic rings. The standard InChI is InChI=1S/C31H36F3N3O4S/c1-5-23(3)35-30(39)28(18-24-13-7-6-8-14-24)36(20-25-15-10-9-12-22(25)2)29(38)21-37(42(4,40)41)27-17-11-16-26(19-27)31(32,33)34/h6-17,19,23,28H,5,18,20-21H2,1-4H3,(H,35,39)/t23-,28+/m0/s1. The Morgan fingerprint density at radius 1 is 0.952 bits per heavy atom. The molecule has 0 aliphatic carbocycles. The summed E-state index contributed by atoms with van der Waals surface area (Å²) in [5.41, 5.74) is 1.02. The zero-order chi connectivity index (χ0) is 31.1. The first kappa shape index (κ1) is 32.7. The quantitative estimate of drug-likeness (QED) is 0.303. The molecule has 1 N–H and O–H groups in total. The third-order valence-corrected chi connectivity index (χ3v) is 8.16. The van der Waals surface area contributed by atoms with E-state index in [0.29, 0.717) is 16.8 Å². The summed E-state index contributed by atoms with van der Waals surface area (Å²) in [6.07, 6.45) is -3.10. The number of nitrogens with zero attached hydrogens (tertiary/aromatic N) is 2. The van der Waals surface area contributed by atoms with Crippen LogP contribution >= 0.6 is 0 Å². The molecule has 3 aromatic carbocycles. The maximum atomic E-state index is 14.1. The molecule has 0 radical (unpaired) electrons. The summed E-state index contributed by atoms with van der Waals surface area (Å²) in [5, 5.41) is 2.94. The van der Waals surface area contributed by atoms with Crippen molar-refractivity contribution < 1.29 is 31.2 Å². The third-order valence-electron chi connectivity index (χ3n) is 7.01. The zero-order valence-electron chi connectivity index (χ0n) is 24.1. The summed E-state index contributed by atoms with van der Waals surface area (Å²) in [6.45, 7) is 4.79. The zero-order valence-corrected chi connectivity index (χ0v) is 24.9. The molecule has 0 fully saturated rings. The van der Waals surface area contributed by atoms with Crippen LogP contribution in [0.2, 0.25) is 0 Å². The molecule has 0 aliphatic heterocycles. The van der Waals surface area contributed by atoms with E-state index >= 15 is 0 Å². The smallest absolute Gasteiger partial charge is 0.352 e. The lowest BCUT2D eigenvalue weighted by Crippen LogP contribution is -2.54. The van der Waals surface area contributed by atoms with Crippen molar-refractivity contribution in [2.75, 3.05) is 17.1 Å². The number of halogens is 3. The van der Waals surface area contributed by atoms with Crippen molar-refractivity contribution >= 4 is 27.5 Å². The van der Waals surface area contributed by atoms with Crippen molar-refractivity contribution in [3.8, 4) is 0 Å². The van der Waals surface area contributed by atoms with Gasteiger partial charge >= 0.3 is 6.18 Å². The number of benzene rings is 3. The van der Waals surface area contributed by atoms with E-state index in [2.05, 4.69) is 5.32 Å². The SMILES string of the molecule is CC[C@H](C)NC(=O)[C@@H](Cc1ccccc1)N(Cc1ccccc1C)C(=O)CN(c1cccc(C(F)(F)F)c1)S(C)(=O)=O. The van der Waals surface area contributed by atoms with Crippen LogP contribution in [-0.2, 0) is 38.8 Å². The molecule has 0 spiro atoms. The predicted molar refractivity (Wildman–Crippen MR) is 157 cm³/mol. The van der Waals surface area contributed by atoms with E-state index in [1.54, 1.807) is 6.07 Å². The summed E-state index contributed by atoms with van der Waals surface area (Å²) in [5.74, 6) is -1.15. The molecule has 7 nitrogen and oxygen atoms in total. The normalized spacial score (nSPS) is 13.2. The van der Waals surface area contributed by atoms with Crippen molar-refractivity contribution in [1.29, 1.82) is 0 Å². The summed E-state index contributed by atoms with van der Waals surface area (Å²) in [4.78, 5) is 29.1. The van der Waals surface area contributed by atoms with Gasteiger partial charge in [-0.25, -0.2) is 8.42 Å². The topological polar surface area (TPSA) is 86.8 Å². The fraction of sp³-hybridized carbons (Fsp3) is 0.355. The molecule has 2 amide bonds. The highest BCUT2D eigenvalue weighted by atomic mass is 32.2. The van der Waals surface area contributed by atoms with Gasteiger partial charge in [-0.2, -0.15) is 13.2 Å². The number of aryl methyl sites for hydroxylation is 1. The minimum absolute atomic E-state index is 0.0167. The molecule has 0 unspecified atom stereocenters. The van der Waals surface area contributed by atoms with Gasteiger partial charge in [-0.3, -0.25) is 13.9 Å². The number of rotatable bonds is 12. The van der Waals surface area contributed by atoms with Crippen molar-refractivity contribution in [1.82, 2.24) is 10.2 Å². The van der Waals surface area contributed by atoms with Crippen molar-refractivity contribution in [3.63, 3.8) is 0 Å². The third kappa shape index (κ3) is 8.82. The Kier molecular flexibility index (Phi) is 10.8. The summed E-state index contributed by atoms with van der Waals surface area (Å²) in [7, 11) is -4.20. The van der Waals surface area contributed by atoms with Gasteiger partial charge in [0.1, 0.15) is 12.6 Å². The van der Waals surface area contributed by atoms with Gasteiger partial charge in [0.15, 0.2) is 0 Å². The van der Waals surface area contributed by atoms with Crippen LogP contribution in [0.3, 0.4) is 0 Å². The first-order chi connectivity index (χ1) is 19.7. The molecule has 226 valence electrons. The van der Waals surface area contributed by atoms with E-state index in [9.17, 15) is 31.2 Å². The molecule has 0 heterocycles. The van der Waals surface area contributed by atoms with E-state index in [-0.39, 0.29) is 24.7 Å². The van der Waals surface area contributed by atoms with Crippen LogP contribution in [0.4, 0.5) is 18.9 Å². The van der Waals surface area contributed by atoms with Gasteiger partial charge in [0.05, 0.1) is 17.5 Å². The minimum atomic E-state index is -4.71. The van der Waals surface area contributed by atoms with E-state index in [0.717, 1.165) is 35.1 Å². The average Bonchev–Trinajstić information content (AvgIpc) is 2.93. The van der Waals surface area contributed by atoms with E-state index in [1.807, 2.05) is 69.3 Å². The first-order valence-corrected chi connectivity index (χ1v) is 15.4. The lowest BCUT2D eigenvalue weighted by atomic mass is 10.0. The molecule has 2 atom stereocenters. The van der Waals surface area contributed by atoms with Crippen LogP contribution in [0.1, 0.15) is 42.5 Å². The van der Waals surface area contributed by atoms with Gasteiger partial charge in [-0.1, -0.05) is 67.6 Å². The Balaban J connectivity index is 2.10. The van der Waals surface area contributed by atoms with Crippen LogP contribution in [0.5, 0.6) is 0 Å². The monoisotopic (exact) mass is 603 g/mol. The second kappa shape index (κ2) is 13.9. The molecule has 0 saturated carbocycles. The van der Waals surface area contributed by atoms with Gasteiger partial charge in [0.25, 0.3) is 0 Å². The summed E-state index contributed by atoms with van der Waals surface area (Å²) < 4.78 is 66.7. The van der Waals surface area contributed by atoms with Gasteiger partial charge in [-0.15, -0.1) is 0 Å². The van der Waals surface area contributed by atoms with Crippen LogP contribution < -0.4 is 9.62 Å². The number of amides is 2. The molecule has 0 bridgehead atoms. The molecule has 0 saturated heterocycles. The molecule has 0 aromatic heterocycles. The van der Waals surface area contributed by atoms with Gasteiger partial charge in [0, 0.05) is 19.0 Å². The molecular weight excluding hydrogens is 567 g/mol. The van der Waals surface area contributed by atoms with Crippen LogP contribution in [0, 0.1) is 6.92 Å².